The highest BCUT2D eigenvalue weighted by Crippen LogP contribution is 2.35. The summed E-state index contributed by atoms with van der Waals surface area (Å²) in [4.78, 5) is 2.48. The van der Waals surface area contributed by atoms with Gasteiger partial charge in [-0.3, -0.25) is 4.90 Å². The number of piperidine rings is 1. The Morgan fingerprint density at radius 1 is 1.35 bits per heavy atom. The summed E-state index contributed by atoms with van der Waals surface area (Å²) in [5, 5.41) is 10.3. The van der Waals surface area contributed by atoms with Crippen LogP contribution in [-0.2, 0) is 11.3 Å². The second-order valence-corrected chi connectivity index (χ2v) is 6.34. The zero-order chi connectivity index (χ0) is 14.0. The van der Waals surface area contributed by atoms with Crippen molar-refractivity contribution in [2.24, 2.45) is 0 Å². The Bertz CT molecular complexity index is 452. The summed E-state index contributed by atoms with van der Waals surface area (Å²) in [6.45, 7) is 6.00. The van der Waals surface area contributed by atoms with Crippen molar-refractivity contribution in [2.75, 3.05) is 19.7 Å². The lowest BCUT2D eigenvalue weighted by atomic mass is 9.82. The van der Waals surface area contributed by atoms with Crippen LogP contribution in [0.4, 0.5) is 0 Å². The molecule has 1 atom stereocenters. The van der Waals surface area contributed by atoms with Gasteiger partial charge in [-0.1, -0.05) is 29.8 Å². The van der Waals surface area contributed by atoms with Crippen LogP contribution >= 0.6 is 0 Å². The zero-order valence-corrected chi connectivity index (χ0v) is 12.3. The topological polar surface area (TPSA) is 32.7 Å². The van der Waals surface area contributed by atoms with E-state index in [9.17, 15) is 5.11 Å². The van der Waals surface area contributed by atoms with Crippen LogP contribution in [0.25, 0.3) is 0 Å². The van der Waals surface area contributed by atoms with E-state index in [4.69, 9.17) is 4.74 Å². The number of aliphatic hydroxyl groups excluding tert-OH is 1. The lowest BCUT2D eigenvalue weighted by molar-refractivity contribution is -0.177. The van der Waals surface area contributed by atoms with E-state index in [0.717, 1.165) is 51.9 Å². The first-order valence-electron chi connectivity index (χ1n) is 7.78. The quantitative estimate of drug-likeness (QED) is 0.900. The molecule has 1 N–H and O–H groups in total. The first kappa shape index (κ1) is 14.1. The molecule has 0 bridgehead atoms. The average Bonchev–Trinajstić information content (AvgIpc) is 2.45. The lowest BCUT2D eigenvalue weighted by Crippen LogP contribution is -2.55. The van der Waals surface area contributed by atoms with E-state index in [1.165, 1.54) is 11.1 Å². The van der Waals surface area contributed by atoms with Crippen LogP contribution in [0.5, 0.6) is 0 Å². The van der Waals surface area contributed by atoms with Crippen LogP contribution in [0.2, 0.25) is 0 Å². The molecule has 1 spiro atoms. The fraction of sp³-hybridized carbons (Fsp3) is 0.647. The molecule has 1 aromatic carbocycles. The van der Waals surface area contributed by atoms with E-state index in [2.05, 4.69) is 36.1 Å². The van der Waals surface area contributed by atoms with Gasteiger partial charge < -0.3 is 9.84 Å². The molecule has 2 aliphatic rings. The molecule has 0 aliphatic carbocycles. The minimum Gasteiger partial charge on any atom is -0.390 e. The first-order valence-corrected chi connectivity index (χ1v) is 7.78. The third-order valence-corrected chi connectivity index (χ3v) is 4.81. The number of benzene rings is 1. The van der Waals surface area contributed by atoms with Crippen LogP contribution in [0, 0.1) is 6.92 Å². The molecule has 20 heavy (non-hydrogen) atoms. The minimum absolute atomic E-state index is 0.249. The van der Waals surface area contributed by atoms with Gasteiger partial charge in [-0.15, -0.1) is 0 Å². The number of nitrogens with zero attached hydrogens (tertiary/aromatic N) is 1. The van der Waals surface area contributed by atoms with Gasteiger partial charge in [-0.25, -0.2) is 0 Å². The highest BCUT2D eigenvalue weighted by atomic mass is 16.5. The number of likely N-dealkylation sites (tertiary alicyclic amines) is 1. The van der Waals surface area contributed by atoms with Crippen molar-refractivity contribution in [3.63, 3.8) is 0 Å². The monoisotopic (exact) mass is 275 g/mol. The van der Waals surface area contributed by atoms with Gasteiger partial charge in [-0.2, -0.15) is 0 Å². The first-order chi connectivity index (χ1) is 9.68. The van der Waals surface area contributed by atoms with Crippen LogP contribution in [0.3, 0.4) is 0 Å². The molecule has 3 nitrogen and oxygen atoms in total. The van der Waals surface area contributed by atoms with Crippen LogP contribution in [-0.4, -0.2) is 41.4 Å². The summed E-state index contributed by atoms with van der Waals surface area (Å²) < 4.78 is 5.96. The Hall–Kier alpha value is -0.900. The molecule has 3 heteroatoms. The normalized spacial score (nSPS) is 26.8. The number of rotatable bonds is 2. The van der Waals surface area contributed by atoms with Crippen molar-refractivity contribution in [1.82, 2.24) is 4.90 Å². The van der Waals surface area contributed by atoms with Crippen molar-refractivity contribution >= 4 is 0 Å². The van der Waals surface area contributed by atoms with Gasteiger partial charge >= 0.3 is 0 Å². The summed E-state index contributed by atoms with van der Waals surface area (Å²) in [5.74, 6) is 0. The molecule has 110 valence electrons. The highest BCUT2D eigenvalue weighted by Gasteiger charge is 2.43. The maximum absolute atomic E-state index is 10.3. The van der Waals surface area contributed by atoms with Gasteiger partial charge in [0.1, 0.15) is 0 Å². The number of ether oxygens (including phenoxy) is 1. The van der Waals surface area contributed by atoms with Crippen molar-refractivity contribution < 1.29 is 9.84 Å². The molecule has 2 aliphatic heterocycles. The Morgan fingerprint density at radius 2 is 2.15 bits per heavy atom. The van der Waals surface area contributed by atoms with Gasteiger partial charge in [0, 0.05) is 26.2 Å². The second kappa shape index (κ2) is 5.84. The second-order valence-electron chi connectivity index (χ2n) is 6.34. The Balaban J connectivity index is 1.58. The molecule has 0 radical (unpaired) electrons. The number of aryl methyl sites for hydroxylation is 1. The van der Waals surface area contributed by atoms with Gasteiger partial charge in [-0.05, 0) is 38.2 Å². The highest BCUT2D eigenvalue weighted by molar-refractivity contribution is 5.22. The number of aliphatic hydroxyl groups is 1. The van der Waals surface area contributed by atoms with E-state index < -0.39 is 0 Å². The molecular formula is C17H25NO2. The fourth-order valence-electron chi connectivity index (χ4n) is 3.55. The Kier molecular flexibility index (Phi) is 4.11. The van der Waals surface area contributed by atoms with Crippen LogP contribution in [0.15, 0.2) is 24.3 Å². The molecule has 2 saturated heterocycles. The molecule has 3 rings (SSSR count). The van der Waals surface area contributed by atoms with Crippen molar-refractivity contribution in [1.29, 1.82) is 0 Å². The third kappa shape index (κ3) is 2.90. The van der Waals surface area contributed by atoms with Crippen molar-refractivity contribution in [3.8, 4) is 0 Å². The van der Waals surface area contributed by atoms with E-state index >= 15 is 0 Å². The number of hydrogen-bond acceptors (Lipinski definition) is 3. The fourth-order valence-corrected chi connectivity index (χ4v) is 3.55. The van der Waals surface area contributed by atoms with Crippen LogP contribution in [0.1, 0.15) is 36.8 Å². The van der Waals surface area contributed by atoms with E-state index in [-0.39, 0.29) is 11.7 Å². The van der Waals surface area contributed by atoms with E-state index in [1.807, 2.05) is 0 Å². The van der Waals surface area contributed by atoms with Crippen LogP contribution < -0.4 is 0 Å². The average molecular weight is 275 g/mol. The van der Waals surface area contributed by atoms with E-state index in [0.29, 0.717) is 0 Å². The zero-order valence-electron chi connectivity index (χ0n) is 12.3. The summed E-state index contributed by atoms with van der Waals surface area (Å²) in [6.07, 6.45) is 3.55. The van der Waals surface area contributed by atoms with Crippen molar-refractivity contribution in [3.05, 3.63) is 35.4 Å². The SMILES string of the molecule is Cc1cccc(CN2CCC3(CC2)OCCC[C@H]3O)c1. The summed E-state index contributed by atoms with van der Waals surface area (Å²) in [6, 6.07) is 8.73. The molecule has 0 saturated carbocycles. The van der Waals surface area contributed by atoms with Crippen molar-refractivity contribution in [2.45, 2.75) is 50.9 Å². The van der Waals surface area contributed by atoms with Gasteiger partial charge in [0.15, 0.2) is 0 Å². The minimum atomic E-state index is -0.266. The molecule has 2 heterocycles. The van der Waals surface area contributed by atoms with Gasteiger partial charge in [0.25, 0.3) is 0 Å². The third-order valence-electron chi connectivity index (χ3n) is 4.81. The smallest absolute Gasteiger partial charge is 0.0964 e. The molecule has 1 aromatic rings. The van der Waals surface area contributed by atoms with E-state index in [1.54, 1.807) is 0 Å². The predicted molar refractivity (Wildman–Crippen MR) is 79.6 cm³/mol. The lowest BCUT2D eigenvalue weighted by Gasteiger charge is -2.46. The largest absolute Gasteiger partial charge is 0.390 e. The van der Waals surface area contributed by atoms with Gasteiger partial charge in [0.2, 0.25) is 0 Å². The molecule has 0 aromatic heterocycles. The predicted octanol–water partition coefficient (Wildman–Crippen LogP) is 2.50. The molecule has 0 amide bonds. The Morgan fingerprint density at radius 3 is 2.85 bits per heavy atom. The molecular weight excluding hydrogens is 250 g/mol. The summed E-state index contributed by atoms with van der Waals surface area (Å²) in [5.41, 5.74) is 2.45. The molecule has 0 unspecified atom stereocenters. The summed E-state index contributed by atoms with van der Waals surface area (Å²) >= 11 is 0. The maximum atomic E-state index is 10.3. The number of hydrogen-bond donors (Lipinski definition) is 1. The van der Waals surface area contributed by atoms with Gasteiger partial charge in [0.05, 0.1) is 11.7 Å². The summed E-state index contributed by atoms with van der Waals surface area (Å²) in [7, 11) is 0. The maximum Gasteiger partial charge on any atom is 0.0964 e. The molecule has 2 fully saturated rings. The Labute approximate surface area is 121 Å². The standard InChI is InChI=1S/C17H25NO2/c1-14-4-2-5-15(12-14)13-18-9-7-17(8-10-18)16(19)6-3-11-20-17/h2,4-5,12,16,19H,3,6-11,13H2,1H3/t16-/m1/s1.